The molecular weight excluding hydrogens is 162 g/mol. The molecule has 0 radical (unpaired) electrons. The summed E-state index contributed by atoms with van der Waals surface area (Å²) in [5.74, 6) is 0. The van der Waals surface area contributed by atoms with Gasteiger partial charge in [-0.2, -0.15) is 0 Å². The average Bonchev–Trinajstić information content (AvgIpc) is 2.03. The SMILES string of the molecule is CCO/C=C/c1cc(C)nc(C)c1. The summed E-state index contributed by atoms with van der Waals surface area (Å²) < 4.78 is 5.12. The third-order valence-electron chi connectivity index (χ3n) is 1.63. The molecule has 2 nitrogen and oxygen atoms in total. The van der Waals surface area contributed by atoms with Crippen LogP contribution < -0.4 is 0 Å². The Labute approximate surface area is 79.3 Å². The molecular formula is C11H15NO. The maximum atomic E-state index is 5.12. The van der Waals surface area contributed by atoms with E-state index >= 15 is 0 Å². The number of aryl methyl sites for hydroxylation is 2. The summed E-state index contributed by atoms with van der Waals surface area (Å²) in [6.07, 6.45) is 3.67. The molecule has 1 aromatic heterocycles. The van der Waals surface area contributed by atoms with E-state index in [4.69, 9.17) is 4.74 Å². The van der Waals surface area contributed by atoms with Crippen LogP contribution in [-0.2, 0) is 4.74 Å². The van der Waals surface area contributed by atoms with Gasteiger partial charge in [0.1, 0.15) is 0 Å². The molecule has 1 rings (SSSR count). The molecule has 0 bridgehead atoms. The van der Waals surface area contributed by atoms with Crippen molar-refractivity contribution in [3.63, 3.8) is 0 Å². The van der Waals surface area contributed by atoms with Gasteiger partial charge >= 0.3 is 0 Å². The van der Waals surface area contributed by atoms with E-state index in [2.05, 4.69) is 4.98 Å². The van der Waals surface area contributed by atoms with Gasteiger partial charge in [-0.25, -0.2) is 0 Å². The summed E-state index contributed by atoms with van der Waals surface area (Å²) in [5.41, 5.74) is 3.21. The number of pyridine rings is 1. The van der Waals surface area contributed by atoms with Crippen molar-refractivity contribution in [2.24, 2.45) is 0 Å². The first-order chi connectivity index (χ1) is 6.22. The van der Waals surface area contributed by atoms with Gasteiger partial charge in [0.2, 0.25) is 0 Å². The standard InChI is InChI=1S/C11H15NO/c1-4-13-6-5-11-7-9(2)12-10(3)8-11/h5-8H,4H2,1-3H3/b6-5+. The van der Waals surface area contributed by atoms with Gasteiger partial charge in [0, 0.05) is 11.4 Å². The van der Waals surface area contributed by atoms with Gasteiger partial charge in [0.25, 0.3) is 0 Å². The number of hydrogen-bond donors (Lipinski definition) is 0. The smallest absolute Gasteiger partial charge is 0.0845 e. The normalized spacial score (nSPS) is 10.7. The third kappa shape index (κ3) is 3.28. The van der Waals surface area contributed by atoms with Crippen molar-refractivity contribution in [3.05, 3.63) is 35.3 Å². The van der Waals surface area contributed by atoms with Crippen LogP contribution in [0.3, 0.4) is 0 Å². The minimum atomic E-state index is 0.708. The van der Waals surface area contributed by atoms with Gasteiger partial charge in [0.15, 0.2) is 0 Å². The maximum absolute atomic E-state index is 5.12. The largest absolute Gasteiger partial charge is 0.501 e. The molecule has 1 heterocycles. The lowest BCUT2D eigenvalue weighted by atomic mass is 10.2. The first-order valence-corrected chi connectivity index (χ1v) is 4.46. The zero-order valence-corrected chi connectivity index (χ0v) is 8.37. The number of nitrogens with zero attached hydrogens (tertiary/aromatic N) is 1. The molecule has 0 saturated carbocycles. The van der Waals surface area contributed by atoms with E-state index in [0.29, 0.717) is 6.61 Å². The van der Waals surface area contributed by atoms with E-state index in [-0.39, 0.29) is 0 Å². The molecule has 13 heavy (non-hydrogen) atoms. The fourth-order valence-corrected chi connectivity index (χ4v) is 1.19. The second-order valence-corrected chi connectivity index (χ2v) is 2.94. The monoisotopic (exact) mass is 177 g/mol. The zero-order valence-electron chi connectivity index (χ0n) is 8.37. The number of aromatic nitrogens is 1. The fourth-order valence-electron chi connectivity index (χ4n) is 1.19. The van der Waals surface area contributed by atoms with Gasteiger partial charge in [-0.05, 0) is 44.5 Å². The van der Waals surface area contributed by atoms with Gasteiger partial charge in [-0.1, -0.05) is 0 Å². The van der Waals surface area contributed by atoms with Crippen molar-refractivity contribution < 1.29 is 4.74 Å². The van der Waals surface area contributed by atoms with Crippen molar-refractivity contribution in [3.8, 4) is 0 Å². The lowest BCUT2D eigenvalue weighted by molar-refractivity contribution is 0.272. The van der Waals surface area contributed by atoms with Crippen LogP contribution in [0.25, 0.3) is 6.08 Å². The van der Waals surface area contributed by atoms with Gasteiger partial charge in [0.05, 0.1) is 12.9 Å². The topological polar surface area (TPSA) is 22.1 Å². The van der Waals surface area contributed by atoms with Crippen LogP contribution in [0, 0.1) is 13.8 Å². The molecule has 0 spiro atoms. The zero-order chi connectivity index (χ0) is 9.68. The predicted octanol–water partition coefficient (Wildman–Crippen LogP) is 2.71. The van der Waals surface area contributed by atoms with Crippen LogP contribution in [0.2, 0.25) is 0 Å². The molecule has 2 heteroatoms. The van der Waals surface area contributed by atoms with Crippen LogP contribution in [0.15, 0.2) is 18.4 Å². The van der Waals surface area contributed by atoms with Crippen molar-refractivity contribution in [1.29, 1.82) is 0 Å². The molecule has 70 valence electrons. The molecule has 0 aliphatic carbocycles. The Hall–Kier alpha value is -1.31. The Morgan fingerprint density at radius 1 is 1.31 bits per heavy atom. The molecule has 0 N–H and O–H groups in total. The minimum Gasteiger partial charge on any atom is -0.501 e. The van der Waals surface area contributed by atoms with E-state index in [1.807, 2.05) is 39.0 Å². The molecule has 1 aromatic rings. The third-order valence-corrected chi connectivity index (χ3v) is 1.63. The van der Waals surface area contributed by atoms with E-state index in [1.165, 1.54) is 0 Å². The summed E-state index contributed by atoms with van der Waals surface area (Å²) in [7, 11) is 0. The lowest BCUT2D eigenvalue weighted by Crippen LogP contribution is -1.87. The molecule has 0 fully saturated rings. The average molecular weight is 177 g/mol. The Bertz CT molecular complexity index is 285. The Morgan fingerprint density at radius 2 is 1.92 bits per heavy atom. The van der Waals surface area contributed by atoms with E-state index in [0.717, 1.165) is 17.0 Å². The second-order valence-electron chi connectivity index (χ2n) is 2.94. The maximum Gasteiger partial charge on any atom is 0.0845 e. The number of ether oxygens (including phenoxy) is 1. The number of hydrogen-bond acceptors (Lipinski definition) is 2. The molecule has 0 aliphatic heterocycles. The first kappa shape index (κ1) is 9.78. The van der Waals surface area contributed by atoms with Crippen LogP contribution in [0.5, 0.6) is 0 Å². The van der Waals surface area contributed by atoms with Crippen LogP contribution in [0.4, 0.5) is 0 Å². The molecule has 0 saturated heterocycles. The Morgan fingerprint density at radius 3 is 2.46 bits per heavy atom. The molecule has 0 amide bonds. The second kappa shape index (κ2) is 4.65. The van der Waals surface area contributed by atoms with E-state index < -0.39 is 0 Å². The fraction of sp³-hybridized carbons (Fsp3) is 0.364. The van der Waals surface area contributed by atoms with Crippen molar-refractivity contribution >= 4 is 6.08 Å². The van der Waals surface area contributed by atoms with Crippen LogP contribution in [0.1, 0.15) is 23.9 Å². The highest BCUT2D eigenvalue weighted by atomic mass is 16.5. The Kier molecular flexibility index (Phi) is 3.50. The van der Waals surface area contributed by atoms with E-state index in [1.54, 1.807) is 6.26 Å². The quantitative estimate of drug-likeness (QED) is 0.662. The van der Waals surface area contributed by atoms with Gasteiger partial charge in [-0.3, -0.25) is 4.98 Å². The van der Waals surface area contributed by atoms with Gasteiger partial charge < -0.3 is 4.74 Å². The van der Waals surface area contributed by atoms with Gasteiger partial charge in [-0.15, -0.1) is 0 Å². The highest BCUT2D eigenvalue weighted by molar-refractivity contribution is 5.48. The minimum absolute atomic E-state index is 0.708. The summed E-state index contributed by atoms with van der Waals surface area (Å²) in [6.45, 7) is 6.66. The number of rotatable bonds is 3. The Balaban J connectivity index is 2.77. The predicted molar refractivity (Wildman–Crippen MR) is 54.4 cm³/mol. The highest BCUT2D eigenvalue weighted by Gasteiger charge is 1.92. The first-order valence-electron chi connectivity index (χ1n) is 4.46. The summed E-state index contributed by atoms with van der Waals surface area (Å²) in [4.78, 5) is 4.29. The summed E-state index contributed by atoms with van der Waals surface area (Å²) in [6, 6.07) is 4.06. The van der Waals surface area contributed by atoms with Crippen LogP contribution in [-0.4, -0.2) is 11.6 Å². The highest BCUT2D eigenvalue weighted by Crippen LogP contribution is 2.06. The molecule has 0 unspecified atom stereocenters. The van der Waals surface area contributed by atoms with Crippen molar-refractivity contribution in [2.45, 2.75) is 20.8 Å². The molecule has 0 aliphatic rings. The summed E-state index contributed by atoms with van der Waals surface area (Å²) in [5, 5.41) is 0. The molecule has 0 atom stereocenters. The molecule has 0 aromatic carbocycles. The van der Waals surface area contributed by atoms with Crippen LogP contribution >= 0.6 is 0 Å². The van der Waals surface area contributed by atoms with Crippen molar-refractivity contribution in [1.82, 2.24) is 4.98 Å². The van der Waals surface area contributed by atoms with Crippen molar-refractivity contribution in [2.75, 3.05) is 6.61 Å². The lowest BCUT2D eigenvalue weighted by Gasteiger charge is -1.99. The van der Waals surface area contributed by atoms with E-state index in [9.17, 15) is 0 Å². The summed E-state index contributed by atoms with van der Waals surface area (Å²) >= 11 is 0.